The van der Waals surface area contributed by atoms with Crippen LogP contribution in [-0.2, 0) is 17.0 Å². The molecule has 0 saturated carbocycles. The van der Waals surface area contributed by atoms with Gasteiger partial charge in [-0.2, -0.15) is 0 Å². The zero-order valence-corrected chi connectivity index (χ0v) is 16.1. The van der Waals surface area contributed by atoms with Gasteiger partial charge in [0.05, 0.1) is 6.42 Å². The van der Waals surface area contributed by atoms with Crippen LogP contribution in [0, 0.1) is 0 Å². The van der Waals surface area contributed by atoms with E-state index >= 15 is 0 Å². The molecule has 1 aromatic heterocycles. The second kappa shape index (κ2) is 8.33. The van der Waals surface area contributed by atoms with E-state index in [0.29, 0.717) is 11.6 Å². The van der Waals surface area contributed by atoms with Crippen molar-refractivity contribution < 1.29 is 4.79 Å². The topological polar surface area (TPSA) is 54.9 Å². The van der Waals surface area contributed by atoms with Crippen molar-refractivity contribution in [2.45, 2.75) is 16.5 Å². The first-order valence-electron chi connectivity index (χ1n) is 8.54. The molecule has 0 fully saturated rings. The molecule has 0 aliphatic carbocycles. The Morgan fingerprint density at radius 2 is 1.67 bits per heavy atom. The Balaban J connectivity index is 1.34. The van der Waals surface area contributed by atoms with Crippen molar-refractivity contribution in [1.29, 1.82) is 0 Å². The number of benzene rings is 3. The molecule has 0 saturated heterocycles. The van der Waals surface area contributed by atoms with Gasteiger partial charge in [-0.15, -0.1) is 10.2 Å². The highest BCUT2D eigenvalue weighted by Gasteiger charge is 2.10. The van der Waals surface area contributed by atoms with Crippen LogP contribution in [0.15, 0.2) is 77.1 Å². The van der Waals surface area contributed by atoms with E-state index in [4.69, 9.17) is 0 Å². The molecule has 0 radical (unpaired) electrons. The molecule has 1 heterocycles. The van der Waals surface area contributed by atoms with Crippen LogP contribution in [0.4, 0.5) is 5.13 Å². The van der Waals surface area contributed by atoms with E-state index in [9.17, 15) is 4.79 Å². The highest BCUT2D eigenvalue weighted by atomic mass is 32.2. The summed E-state index contributed by atoms with van der Waals surface area (Å²) in [6, 6.07) is 24.4. The third kappa shape index (κ3) is 4.72. The van der Waals surface area contributed by atoms with Crippen LogP contribution in [0.2, 0.25) is 0 Å². The Kier molecular flexibility index (Phi) is 5.46. The van der Waals surface area contributed by atoms with E-state index in [2.05, 4.69) is 45.8 Å². The second-order valence-corrected chi connectivity index (χ2v) is 8.25. The lowest BCUT2D eigenvalue weighted by molar-refractivity contribution is -0.115. The van der Waals surface area contributed by atoms with Gasteiger partial charge in [-0.05, 0) is 21.9 Å². The summed E-state index contributed by atoms with van der Waals surface area (Å²) in [7, 11) is 0. The predicted molar refractivity (Wildman–Crippen MR) is 112 cm³/mol. The summed E-state index contributed by atoms with van der Waals surface area (Å²) in [4.78, 5) is 12.3. The van der Waals surface area contributed by atoms with Gasteiger partial charge in [0.2, 0.25) is 11.0 Å². The van der Waals surface area contributed by atoms with Gasteiger partial charge >= 0.3 is 0 Å². The van der Waals surface area contributed by atoms with Crippen molar-refractivity contribution in [3.63, 3.8) is 0 Å². The smallest absolute Gasteiger partial charge is 0.230 e. The molecule has 4 aromatic rings. The van der Waals surface area contributed by atoms with Crippen molar-refractivity contribution >= 4 is 44.9 Å². The average molecular weight is 392 g/mol. The van der Waals surface area contributed by atoms with E-state index < -0.39 is 0 Å². The first-order valence-corrected chi connectivity index (χ1v) is 10.3. The highest BCUT2D eigenvalue weighted by molar-refractivity contribution is 8.00. The lowest BCUT2D eigenvalue weighted by atomic mass is 10.1. The second-order valence-electron chi connectivity index (χ2n) is 6.05. The maximum absolute atomic E-state index is 12.3. The number of carbonyl (C=O) groups is 1. The number of hydrogen-bond acceptors (Lipinski definition) is 5. The quantitative estimate of drug-likeness (QED) is 0.364. The molecule has 4 nitrogen and oxygen atoms in total. The first kappa shape index (κ1) is 17.7. The maximum atomic E-state index is 12.3. The van der Waals surface area contributed by atoms with E-state index in [-0.39, 0.29) is 5.91 Å². The summed E-state index contributed by atoms with van der Waals surface area (Å²) in [5, 5.41) is 13.9. The lowest BCUT2D eigenvalue weighted by Crippen LogP contribution is -2.14. The fourth-order valence-corrected chi connectivity index (χ4v) is 4.46. The van der Waals surface area contributed by atoms with Gasteiger partial charge in [0.15, 0.2) is 4.34 Å². The number of anilines is 1. The van der Waals surface area contributed by atoms with Crippen LogP contribution in [0.25, 0.3) is 10.8 Å². The molecule has 0 unspecified atom stereocenters. The number of amides is 1. The van der Waals surface area contributed by atoms with Crippen molar-refractivity contribution in [3.8, 4) is 0 Å². The highest BCUT2D eigenvalue weighted by Crippen LogP contribution is 2.28. The summed E-state index contributed by atoms with van der Waals surface area (Å²) >= 11 is 3.02. The molecule has 4 rings (SSSR count). The van der Waals surface area contributed by atoms with Gasteiger partial charge in [-0.3, -0.25) is 4.79 Å². The molecule has 27 heavy (non-hydrogen) atoms. The zero-order valence-electron chi connectivity index (χ0n) is 14.5. The van der Waals surface area contributed by atoms with Crippen LogP contribution in [0.5, 0.6) is 0 Å². The van der Waals surface area contributed by atoms with Crippen molar-refractivity contribution in [1.82, 2.24) is 10.2 Å². The largest absolute Gasteiger partial charge is 0.300 e. The van der Waals surface area contributed by atoms with Gasteiger partial charge in [0.1, 0.15) is 0 Å². The number of thioether (sulfide) groups is 1. The van der Waals surface area contributed by atoms with Gasteiger partial charge in [-0.25, -0.2) is 0 Å². The minimum Gasteiger partial charge on any atom is -0.300 e. The molecule has 3 aromatic carbocycles. The number of carbonyl (C=O) groups excluding carboxylic acids is 1. The van der Waals surface area contributed by atoms with Gasteiger partial charge in [0, 0.05) is 5.75 Å². The summed E-state index contributed by atoms with van der Waals surface area (Å²) in [6.07, 6.45) is 0.316. The Morgan fingerprint density at radius 3 is 2.52 bits per heavy atom. The zero-order chi connectivity index (χ0) is 18.5. The van der Waals surface area contributed by atoms with Gasteiger partial charge in [-0.1, -0.05) is 95.9 Å². The first-order chi connectivity index (χ1) is 13.3. The molecular formula is C21H17N3OS2. The van der Waals surface area contributed by atoms with Crippen LogP contribution in [0.1, 0.15) is 11.1 Å². The molecule has 134 valence electrons. The third-order valence-corrected chi connectivity index (χ3v) is 6.08. The lowest BCUT2D eigenvalue weighted by Gasteiger charge is -2.04. The number of rotatable bonds is 6. The van der Waals surface area contributed by atoms with Gasteiger partial charge in [0.25, 0.3) is 0 Å². The Bertz CT molecular complexity index is 1060. The van der Waals surface area contributed by atoms with Gasteiger partial charge < -0.3 is 5.32 Å². The van der Waals surface area contributed by atoms with E-state index in [0.717, 1.165) is 21.0 Å². The van der Waals surface area contributed by atoms with Crippen LogP contribution in [0.3, 0.4) is 0 Å². The number of aromatic nitrogens is 2. The summed E-state index contributed by atoms with van der Waals surface area (Å²) in [6.45, 7) is 0. The standard InChI is InChI=1S/C21H17N3OS2/c25-19(13-16-10-11-17-8-4-5-9-18(17)12-16)22-20-23-24-21(27-20)26-14-15-6-2-1-3-7-15/h1-12H,13-14H2,(H,22,23,25). The maximum Gasteiger partial charge on any atom is 0.230 e. The normalized spacial score (nSPS) is 10.8. The molecule has 0 aliphatic heterocycles. The fourth-order valence-electron chi connectivity index (χ4n) is 2.74. The van der Waals surface area contributed by atoms with E-state index in [1.54, 1.807) is 11.8 Å². The Labute approximate surface area is 165 Å². The van der Waals surface area contributed by atoms with Crippen molar-refractivity contribution in [2.75, 3.05) is 5.32 Å². The molecule has 0 aliphatic rings. The average Bonchev–Trinajstić information content (AvgIpc) is 3.14. The molecule has 0 atom stereocenters. The molecule has 1 amide bonds. The van der Waals surface area contributed by atoms with Crippen LogP contribution < -0.4 is 5.32 Å². The number of nitrogens with one attached hydrogen (secondary N) is 1. The summed E-state index contributed by atoms with van der Waals surface area (Å²) in [5.74, 6) is 0.751. The van der Waals surface area contributed by atoms with E-state index in [1.807, 2.05) is 42.5 Å². The fraction of sp³-hybridized carbons (Fsp3) is 0.0952. The van der Waals surface area contributed by atoms with Crippen molar-refractivity contribution in [2.24, 2.45) is 0 Å². The monoisotopic (exact) mass is 391 g/mol. The Morgan fingerprint density at radius 1 is 0.889 bits per heavy atom. The molecular weight excluding hydrogens is 374 g/mol. The molecule has 0 spiro atoms. The van der Waals surface area contributed by atoms with Crippen molar-refractivity contribution in [3.05, 3.63) is 83.9 Å². The van der Waals surface area contributed by atoms with E-state index in [1.165, 1.54) is 22.3 Å². The van der Waals surface area contributed by atoms with Crippen LogP contribution in [-0.4, -0.2) is 16.1 Å². The number of hydrogen-bond donors (Lipinski definition) is 1. The summed E-state index contributed by atoms with van der Waals surface area (Å²) in [5.41, 5.74) is 2.22. The minimum absolute atomic E-state index is 0.0824. The Hall–Kier alpha value is -2.70. The molecule has 0 bridgehead atoms. The predicted octanol–water partition coefficient (Wildman–Crippen LogP) is 5.16. The third-order valence-electron chi connectivity index (χ3n) is 4.04. The minimum atomic E-state index is -0.0824. The summed E-state index contributed by atoms with van der Waals surface area (Å²) < 4.78 is 0.847. The number of nitrogens with zero attached hydrogens (tertiary/aromatic N) is 2. The SMILES string of the molecule is O=C(Cc1ccc2ccccc2c1)Nc1nnc(SCc2ccccc2)s1. The molecule has 6 heteroatoms. The molecule has 1 N–H and O–H groups in total. The number of fused-ring (bicyclic) bond motifs is 1. The van der Waals surface area contributed by atoms with Crippen LogP contribution >= 0.6 is 23.1 Å².